The lowest BCUT2D eigenvalue weighted by molar-refractivity contribution is 0.0953. The van der Waals surface area contributed by atoms with Gasteiger partial charge in [0.25, 0.3) is 5.91 Å². The van der Waals surface area contributed by atoms with E-state index >= 15 is 0 Å². The highest BCUT2D eigenvalue weighted by Crippen LogP contribution is 2.35. The zero-order valence-corrected chi connectivity index (χ0v) is 19.2. The summed E-state index contributed by atoms with van der Waals surface area (Å²) in [6.45, 7) is 6.21. The van der Waals surface area contributed by atoms with Crippen molar-refractivity contribution in [3.63, 3.8) is 0 Å². The maximum atomic E-state index is 13.4. The Hall–Kier alpha value is -3.39. The third-order valence-corrected chi connectivity index (χ3v) is 6.65. The number of imidazole rings is 1. The Kier molecular flexibility index (Phi) is 4.65. The minimum Gasteiger partial charge on any atom is -0.387 e. The maximum absolute atomic E-state index is 13.4. The molecule has 6 rings (SSSR count). The number of fused-ring (bicyclic) bond motifs is 5. The van der Waals surface area contributed by atoms with Crippen molar-refractivity contribution in [1.29, 1.82) is 0 Å². The SMILES string of the molecule is CNc1c(C(=O)NC2CC2)c2nc3ccccc3n2c2nc(N3CC(C)NC(C)C3)ccc12. The number of aromatic nitrogens is 3. The van der Waals surface area contributed by atoms with E-state index in [0.29, 0.717) is 23.3 Å². The minimum absolute atomic E-state index is 0.0853. The molecule has 3 aromatic heterocycles. The van der Waals surface area contributed by atoms with E-state index in [1.54, 1.807) is 0 Å². The number of amides is 1. The summed E-state index contributed by atoms with van der Waals surface area (Å²) >= 11 is 0. The van der Waals surface area contributed by atoms with Gasteiger partial charge in [-0.3, -0.25) is 9.20 Å². The summed E-state index contributed by atoms with van der Waals surface area (Å²) in [5.74, 6) is 0.858. The standard InChI is InChI=1S/C25H29N7O/c1-14-12-31(13-15(2)27-14)20-11-10-17-22(26-3)21(25(33)28-16-8-9-16)24-29-18-6-4-5-7-19(18)32(24)23(17)30-20/h4-7,10-11,14-16,26-27H,8-9,12-13H2,1-3H3,(H,28,33). The van der Waals surface area contributed by atoms with E-state index < -0.39 is 0 Å². The van der Waals surface area contributed by atoms with Gasteiger partial charge in [0, 0.05) is 43.6 Å². The summed E-state index contributed by atoms with van der Waals surface area (Å²) in [6.07, 6.45) is 2.07. The molecule has 2 unspecified atom stereocenters. The number of pyridine rings is 2. The molecule has 1 saturated carbocycles. The van der Waals surface area contributed by atoms with Crippen molar-refractivity contribution in [2.24, 2.45) is 0 Å². The number of para-hydroxylation sites is 2. The van der Waals surface area contributed by atoms with Crippen LogP contribution in [-0.2, 0) is 0 Å². The van der Waals surface area contributed by atoms with E-state index in [9.17, 15) is 4.79 Å². The number of carbonyl (C=O) groups excluding carboxylic acids is 1. The molecule has 3 N–H and O–H groups in total. The summed E-state index contributed by atoms with van der Waals surface area (Å²) in [7, 11) is 1.86. The summed E-state index contributed by atoms with van der Waals surface area (Å²) < 4.78 is 2.05. The lowest BCUT2D eigenvalue weighted by Gasteiger charge is -2.37. The molecule has 8 nitrogen and oxygen atoms in total. The fourth-order valence-electron chi connectivity index (χ4n) is 5.11. The third kappa shape index (κ3) is 3.36. The molecule has 0 bridgehead atoms. The summed E-state index contributed by atoms with van der Waals surface area (Å²) in [5, 5.41) is 10.9. The van der Waals surface area contributed by atoms with Gasteiger partial charge in [0.1, 0.15) is 11.4 Å². The molecule has 0 radical (unpaired) electrons. The molecule has 1 amide bonds. The molecule has 1 saturated heterocycles. The van der Waals surface area contributed by atoms with Gasteiger partial charge in [-0.05, 0) is 51.0 Å². The Balaban J connectivity index is 1.63. The Morgan fingerprint density at radius 2 is 1.79 bits per heavy atom. The van der Waals surface area contributed by atoms with E-state index in [2.05, 4.69) is 46.8 Å². The number of carbonyl (C=O) groups is 1. The van der Waals surface area contributed by atoms with Crippen LogP contribution in [0.3, 0.4) is 0 Å². The zero-order chi connectivity index (χ0) is 22.7. The Morgan fingerprint density at radius 1 is 1.03 bits per heavy atom. The van der Waals surface area contributed by atoms with Gasteiger partial charge in [-0.15, -0.1) is 0 Å². The molecule has 170 valence electrons. The number of nitrogens with zero attached hydrogens (tertiary/aromatic N) is 4. The van der Waals surface area contributed by atoms with Crippen LogP contribution in [0.1, 0.15) is 37.0 Å². The van der Waals surface area contributed by atoms with Crippen LogP contribution in [0.4, 0.5) is 11.5 Å². The third-order valence-electron chi connectivity index (χ3n) is 6.65. The van der Waals surface area contributed by atoms with E-state index in [1.807, 2.05) is 35.7 Å². The first-order valence-electron chi connectivity index (χ1n) is 11.8. The molecule has 1 aliphatic heterocycles. The predicted octanol–water partition coefficient (Wildman–Crippen LogP) is 3.16. The normalized spacial score (nSPS) is 21.1. The highest BCUT2D eigenvalue weighted by atomic mass is 16.1. The fraction of sp³-hybridized carbons (Fsp3) is 0.400. The Bertz CT molecular complexity index is 1380. The molecule has 2 aliphatic rings. The molecule has 8 heteroatoms. The van der Waals surface area contributed by atoms with Gasteiger partial charge in [0.2, 0.25) is 0 Å². The van der Waals surface area contributed by atoms with Gasteiger partial charge < -0.3 is 20.9 Å². The van der Waals surface area contributed by atoms with E-state index in [0.717, 1.165) is 59.5 Å². The van der Waals surface area contributed by atoms with Crippen molar-refractivity contribution >= 4 is 45.1 Å². The second-order valence-electron chi connectivity index (χ2n) is 9.42. The second kappa shape index (κ2) is 7.59. The van der Waals surface area contributed by atoms with Crippen LogP contribution in [0.2, 0.25) is 0 Å². The van der Waals surface area contributed by atoms with E-state index in [-0.39, 0.29) is 11.9 Å². The quantitative estimate of drug-likeness (QED) is 0.449. The largest absolute Gasteiger partial charge is 0.387 e. The van der Waals surface area contributed by atoms with E-state index in [1.165, 1.54) is 0 Å². The number of rotatable bonds is 4. The van der Waals surface area contributed by atoms with Gasteiger partial charge >= 0.3 is 0 Å². The van der Waals surface area contributed by atoms with Crippen LogP contribution in [0.15, 0.2) is 36.4 Å². The van der Waals surface area contributed by atoms with Gasteiger partial charge in [0.05, 0.1) is 16.7 Å². The van der Waals surface area contributed by atoms with Crippen LogP contribution in [-0.4, -0.2) is 58.5 Å². The molecule has 0 spiro atoms. The van der Waals surface area contributed by atoms with Crippen LogP contribution in [0.5, 0.6) is 0 Å². The van der Waals surface area contributed by atoms with Gasteiger partial charge in [-0.1, -0.05) is 12.1 Å². The van der Waals surface area contributed by atoms with Crippen molar-refractivity contribution in [1.82, 2.24) is 25.0 Å². The molecular formula is C25H29N7O. The number of hydrogen-bond donors (Lipinski definition) is 3. The average molecular weight is 444 g/mol. The lowest BCUT2D eigenvalue weighted by atomic mass is 10.1. The van der Waals surface area contributed by atoms with Crippen molar-refractivity contribution < 1.29 is 4.79 Å². The van der Waals surface area contributed by atoms with E-state index in [4.69, 9.17) is 9.97 Å². The van der Waals surface area contributed by atoms with Crippen molar-refractivity contribution in [3.8, 4) is 0 Å². The Morgan fingerprint density at radius 3 is 2.52 bits per heavy atom. The number of benzene rings is 1. The van der Waals surface area contributed by atoms with Gasteiger partial charge in [-0.2, -0.15) is 0 Å². The highest BCUT2D eigenvalue weighted by Gasteiger charge is 2.29. The smallest absolute Gasteiger partial charge is 0.257 e. The van der Waals surface area contributed by atoms with Crippen LogP contribution in [0.25, 0.3) is 27.7 Å². The molecule has 2 fully saturated rings. The van der Waals surface area contributed by atoms with Crippen molar-refractivity contribution in [2.45, 2.75) is 44.8 Å². The second-order valence-corrected chi connectivity index (χ2v) is 9.42. The lowest BCUT2D eigenvalue weighted by Crippen LogP contribution is -2.54. The highest BCUT2D eigenvalue weighted by molar-refractivity contribution is 6.13. The first-order valence-corrected chi connectivity index (χ1v) is 11.8. The van der Waals surface area contributed by atoms with Crippen molar-refractivity contribution in [2.75, 3.05) is 30.4 Å². The summed E-state index contributed by atoms with van der Waals surface area (Å²) in [5.41, 5.74) is 4.59. The van der Waals surface area contributed by atoms with Crippen LogP contribution >= 0.6 is 0 Å². The van der Waals surface area contributed by atoms with Crippen LogP contribution in [0, 0.1) is 0 Å². The molecular weight excluding hydrogens is 414 g/mol. The number of anilines is 2. The molecule has 4 aromatic rings. The number of hydrogen-bond acceptors (Lipinski definition) is 6. The van der Waals surface area contributed by atoms with Crippen LogP contribution < -0.4 is 20.9 Å². The molecule has 33 heavy (non-hydrogen) atoms. The molecule has 2 atom stereocenters. The summed E-state index contributed by atoms with van der Waals surface area (Å²) in [4.78, 5) is 25.7. The fourth-order valence-corrected chi connectivity index (χ4v) is 5.11. The number of piperazine rings is 1. The first kappa shape index (κ1) is 20.2. The number of nitrogens with one attached hydrogen (secondary N) is 3. The summed E-state index contributed by atoms with van der Waals surface area (Å²) in [6, 6.07) is 13.2. The first-order chi connectivity index (χ1) is 16.0. The Labute approximate surface area is 192 Å². The molecule has 1 aliphatic carbocycles. The topological polar surface area (TPSA) is 86.6 Å². The minimum atomic E-state index is -0.0853. The average Bonchev–Trinajstić information content (AvgIpc) is 3.53. The van der Waals surface area contributed by atoms with Gasteiger partial charge in [-0.25, -0.2) is 9.97 Å². The molecule has 1 aromatic carbocycles. The predicted molar refractivity (Wildman–Crippen MR) is 132 cm³/mol. The monoisotopic (exact) mass is 443 g/mol. The zero-order valence-electron chi connectivity index (χ0n) is 19.2. The van der Waals surface area contributed by atoms with Gasteiger partial charge in [0.15, 0.2) is 11.3 Å². The maximum Gasteiger partial charge on any atom is 0.257 e. The van der Waals surface area contributed by atoms with Crippen molar-refractivity contribution in [3.05, 3.63) is 42.0 Å². The molecule has 4 heterocycles.